The van der Waals surface area contributed by atoms with Crippen LogP contribution in [-0.2, 0) is 0 Å². The van der Waals surface area contributed by atoms with Crippen molar-refractivity contribution in [3.63, 3.8) is 0 Å². The number of alkyl halides is 1. The lowest BCUT2D eigenvalue weighted by molar-refractivity contribution is 0.318. The zero-order valence-corrected chi connectivity index (χ0v) is 10.8. The molecule has 0 fully saturated rings. The SMILES string of the molecule is COc1ccc([C@H](N)CF)c(OC)c1OC.Cl. The van der Waals surface area contributed by atoms with Crippen molar-refractivity contribution in [1.29, 1.82) is 0 Å². The molecule has 1 atom stereocenters. The molecule has 0 aliphatic heterocycles. The molecule has 0 aliphatic carbocycles. The third kappa shape index (κ3) is 3.14. The molecular weight excluding hydrogens is 249 g/mol. The second kappa shape index (κ2) is 7.19. The molecule has 0 aromatic heterocycles. The van der Waals surface area contributed by atoms with Crippen LogP contribution in [0.15, 0.2) is 12.1 Å². The molecule has 98 valence electrons. The molecule has 2 N–H and O–H groups in total. The highest BCUT2D eigenvalue weighted by Crippen LogP contribution is 2.41. The predicted molar refractivity (Wildman–Crippen MR) is 66.2 cm³/mol. The number of nitrogens with two attached hydrogens (primary N) is 1. The molecule has 0 amide bonds. The maximum absolute atomic E-state index is 12.6. The Morgan fingerprint density at radius 2 is 1.71 bits per heavy atom. The molecule has 17 heavy (non-hydrogen) atoms. The van der Waals surface area contributed by atoms with Gasteiger partial charge in [-0.2, -0.15) is 0 Å². The van der Waals surface area contributed by atoms with Crippen LogP contribution in [0.2, 0.25) is 0 Å². The van der Waals surface area contributed by atoms with Crippen LogP contribution in [0.1, 0.15) is 11.6 Å². The average molecular weight is 266 g/mol. The lowest BCUT2D eigenvalue weighted by atomic mass is 10.1. The van der Waals surface area contributed by atoms with E-state index in [-0.39, 0.29) is 12.4 Å². The van der Waals surface area contributed by atoms with Crippen molar-refractivity contribution in [1.82, 2.24) is 0 Å². The monoisotopic (exact) mass is 265 g/mol. The minimum atomic E-state index is -0.727. The van der Waals surface area contributed by atoms with Crippen LogP contribution in [0, 0.1) is 0 Å². The second-order valence-corrected chi connectivity index (χ2v) is 3.18. The van der Waals surface area contributed by atoms with Crippen LogP contribution in [0.4, 0.5) is 4.39 Å². The Bertz CT molecular complexity index is 363. The number of hydrogen-bond donors (Lipinski definition) is 1. The molecule has 1 aromatic rings. The highest BCUT2D eigenvalue weighted by Gasteiger charge is 2.19. The van der Waals surface area contributed by atoms with Crippen molar-refractivity contribution < 1.29 is 18.6 Å². The van der Waals surface area contributed by atoms with E-state index in [9.17, 15) is 4.39 Å². The Labute approximate surface area is 106 Å². The molecule has 0 saturated heterocycles. The maximum atomic E-state index is 12.6. The van der Waals surface area contributed by atoms with E-state index in [2.05, 4.69) is 0 Å². The maximum Gasteiger partial charge on any atom is 0.203 e. The van der Waals surface area contributed by atoms with Gasteiger partial charge in [0.2, 0.25) is 5.75 Å². The topological polar surface area (TPSA) is 53.7 Å². The number of methoxy groups -OCH3 is 3. The van der Waals surface area contributed by atoms with Crippen LogP contribution in [0.25, 0.3) is 0 Å². The summed E-state index contributed by atoms with van der Waals surface area (Å²) >= 11 is 0. The van der Waals surface area contributed by atoms with Crippen molar-refractivity contribution in [2.45, 2.75) is 6.04 Å². The fourth-order valence-corrected chi connectivity index (χ4v) is 1.50. The van der Waals surface area contributed by atoms with Crippen LogP contribution >= 0.6 is 12.4 Å². The summed E-state index contributed by atoms with van der Waals surface area (Å²) < 4.78 is 28.0. The summed E-state index contributed by atoms with van der Waals surface area (Å²) in [6.45, 7) is -0.661. The van der Waals surface area contributed by atoms with E-state index in [1.165, 1.54) is 21.3 Å². The largest absolute Gasteiger partial charge is 0.493 e. The van der Waals surface area contributed by atoms with Crippen molar-refractivity contribution in [2.24, 2.45) is 5.73 Å². The van der Waals surface area contributed by atoms with Crippen LogP contribution in [0.5, 0.6) is 17.2 Å². The minimum absolute atomic E-state index is 0. The first-order valence-electron chi connectivity index (χ1n) is 4.80. The highest BCUT2D eigenvalue weighted by atomic mass is 35.5. The molecule has 0 saturated carbocycles. The Morgan fingerprint density at radius 1 is 1.12 bits per heavy atom. The van der Waals surface area contributed by atoms with Crippen LogP contribution in [0.3, 0.4) is 0 Å². The van der Waals surface area contributed by atoms with E-state index >= 15 is 0 Å². The van der Waals surface area contributed by atoms with Gasteiger partial charge in [-0.15, -0.1) is 12.4 Å². The zero-order chi connectivity index (χ0) is 12.1. The zero-order valence-electron chi connectivity index (χ0n) is 10.0. The number of benzene rings is 1. The van der Waals surface area contributed by atoms with Gasteiger partial charge in [0.25, 0.3) is 0 Å². The molecule has 0 unspecified atom stereocenters. The van der Waals surface area contributed by atoms with Gasteiger partial charge in [-0.1, -0.05) is 0 Å². The van der Waals surface area contributed by atoms with Gasteiger partial charge in [0, 0.05) is 5.56 Å². The summed E-state index contributed by atoms with van der Waals surface area (Å²) in [6, 6.07) is 2.62. The first-order valence-corrected chi connectivity index (χ1v) is 4.80. The van der Waals surface area contributed by atoms with Crippen molar-refractivity contribution in [2.75, 3.05) is 28.0 Å². The number of ether oxygens (including phenoxy) is 3. The summed E-state index contributed by atoms with van der Waals surface area (Å²) in [5.74, 6) is 1.35. The number of hydrogen-bond acceptors (Lipinski definition) is 4. The molecule has 1 rings (SSSR count). The van der Waals surface area contributed by atoms with E-state index in [0.717, 1.165) is 0 Å². The van der Waals surface area contributed by atoms with Gasteiger partial charge < -0.3 is 19.9 Å². The van der Waals surface area contributed by atoms with Gasteiger partial charge in [0.05, 0.1) is 27.4 Å². The molecule has 0 heterocycles. The summed E-state index contributed by atoms with van der Waals surface area (Å²) in [6.07, 6.45) is 0. The summed E-state index contributed by atoms with van der Waals surface area (Å²) in [5, 5.41) is 0. The lowest BCUT2D eigenvalue weighted by Gasteiger charge is -2.17. The van der Waals surface area contributed by atoms with Gasteiger partial charge >= 0.3 is 0 Å². The van der Waals surface area contributed by atoms with Crippen LogP contribution < -0.4 is 19.9 Å². The molecule has 0 radical (unpaired) electrons. The smallest absolute Gasteiger partial charge is 0.203 e. The Kier molecular flexibility index (Phi) is 6.68. The van der Waals surface area contributed by atoms with E-state index in [1.807, 2.05) is 0 Å². The Morgan fingerprint density at radius 3 is 2.12 bits per heavy atom. The quantitative estimate of drug-likeness (QED) is 0.886. The van der Waals surface area contributed by atoms with Gasteiger partial charge in [-0.25, -0.2) is 4.39 Å². The standard InChI is InChI=1S/C11H16FNO3.ClH/c1-14-9-5-4-7(8(13)6-12)10(15-2)11(9)16-3;/h4-5,8H,6,13H2,1-3H3;1H/t8-;/m1./s1. The summed E-state index contributed by atoms with van der Waals surface area (Å²) in [4.78, 5) is 0. The molecule has 0 spiro atoms. The highest BCUT2D eigenvalue weighted by molar-refractivity contribution is 5.85. The van der Waals surface area contributed by atoms with Gasteiger partial charge in [-0.3, -0.25) is 0 Å². The fraction of sp³-hybridized carbons (Fsp3) is 0.455. The lowest BCUT2D eigenvalue weighted by Crippen LogP contribution is -2.14. The van der Waals surface area contributed by atoms with E-state index in [1.54, 1.807) is 12.1 Å². The summed E-state index contributed by atoms with van der Waals surface area (Å²) in [5.41, 5.74) is 6.19. The third-order valence-corrected chi connectivity index (χ3v) is 2.30. The van der Waals surface area contributed by atoms with Gasteiger partial charge in [-0.05, 0) is 12.1 Å². The van der Waals surface area contributed by atoms with Gasteiger partial charge in [0.1, 0.15) is 6.67 Å². The van der Waals surface area contributed by atoms with Crippen LogP contribution in [-0.4, -0.2) is 28.0 Å². The molecule has 0 bridgehead atoms. The summed E-state index contributed by atoms with van der Waals surface area (Å²) in [7, 11) is 4.49. The first kappa shape index (κ1) is 15.8. The normalized spacial score (nSPS) is 11.4. The number of halogens is 2. The molecular formula is C11H17ClFNO3. The molecule has 1 aromatic carbocycles. The Balaban J connectivity index is 0.00000256. The number of rotatable bonds is 5. The first-order chi connectivity index (χ1) is 7.69. The van der Waals surface area contributed by atoms with Gasteiger partial charge in [0.15, 0.2) is 11.5 Å². The fourth-order valence-electron chi connectivity index (χ4n) is 1.50. The molecule has 0 aliphatic rings. The van der Waals surface area contributed by atoms with Crippen molar-refractivity contribution in [3.8, 4) is 17.2 Å². The Hall–Kier alpha value is -1.20. The van der Waals surface area contributed by atoms with Crippen molar-refractivity contribution in [3.05, 3.63) is 17.7 Å². The van der Waals surface area contributed by atoms with Crippen molar-refractivity contribution >= 4 is 12.4 Å². The van der Waals surface area contributed by atoms with E-state index in [0.29, 0.717) is 22.8 Å². The third-order valence-electron chi connectivity index (χ3n) is 2.30. The minimum Gasteiger partial charge on any atom is -0.493 e. The average Bonchev–Trinajstić information content (AvgIpc) is 2.35. The van der Waals surface area contributed by atoms with E-state index < -0.39 is 12.7 Å². The van der Waals surface area contributed by atoms with E-state index in [4.69, 9.17) is 19.9 Å². The predicted octanol–water partition coefficient (Wildman–Crippen LogP) is 2.10. The second-order valence-electron chi connectivity index (χ2n) is 3.18. The molecule has 4 nitrogen and oxygen atoms in total. The molecule has 6 heteroatoms.